The quantitative estimate of drug-likeness (QED) is 0.177. The Morgan fingerprint density at radius 3 is 2.38 bits per heavy atom. The molecule has 1 aliphatic carbocycles. The van der Waals surface area contributed by atoms with Gasteiger partial charge in [0.15, 0.2) is 0 Å². The lowest BCUT2D eigenvalue weighted by atomic mass is 9.82. The Balaban J connectivity index is 1.74. The van der Waals surface area contributed by atoms with E-state index in [4.69, 9.17) is 4.74 Å². The van der Waals surface area contributed by atoms with Crippen LogP contribution in [-0.4, -0.2) is 48.9 Å². The third-order valence-corrected chi connectivity index (χ3v) is 6.36. The van der Waals surface area contributed by atoms with Gasteiger partial charge in [-0.3, -0.25) is 4.65 Å². The number of unbranched alkanes of at least 4 members (excludes halogenated alkanes) is 2. The second-order valence-electron chi connectivity index (χ2n) is 8.96. The second kappa shape index (κ2) is 11.8. The Morgan fingerprint density at radius 1 is 1.19 bits per heavy atom. The van der Waals surface area contributed by atoms with E-state index in [1.54, 1.807) is 0 Å². The number of hydrogen-bond acceptors (Lipinski definition) is 4. The number of benzene rings is 1. The van der Waals surface area contributed by atoms with Crippen LogP contribution in [0.4, 0.5) is 18.0 Å². The number of quaternary nitrogens is 1. The summed E-state index contributed by atoms with van der Waals surface area (Å²) in [6.45, 7) is 5.70. The van der Waals surface area contributed by atoms with Crippen LogP contribution in [0.1, 0.15) is 56.9 Å². The minimum absolute atomic E-state index is 0.0596. The molecule has 0 radical (unpaired) electrons. The molecule has 1 aromatic carbocycles. The molecule has 0 aliphatic heterocycles. The highest BCUT2D eigenvalue weighted by atomic mass is 19.4. The van der Waals surface area contributed by atoms with Crippen molar-refractivity contribution in [2.75, 3.05) is 27.2 Å². The van der Waals surface area contributed by atoms with Gasteiger partial charge < -0.3 is 14.8 Å². The van der Waals surface area contributed by atoms with Crippen molar-refractivity contribution in [2.45, 2.75) is 63.6 Å². The van der Waals surface area contributed by atoms with E-state index < -0.39 is 22.5 Å². The van der Waals surface area contributed by atoms with E-state index >= 15 is 0 Å². The number of hydroxylamine groups is 3. The van der Waals surface area contributed by atoms with Gasteiger partial charge in [-0.1, -0.05) is 25.3 Å². The highest BCUT2D eigenvalue weighted by Gasteiger charge is 2.37. The van der Waals surface area contributed by atoms with E-state index in [1.807, 2.05) is 6.08 Å². The topological polar surface area (TPSA) is 52.6 Å². The van der Waals surface area contributed by atoms with Crippen LogP contribution >= 0.6 is 0 Å². The third-order valence-electron chi connectivity index (χ3n) is 6.36. The van der Waals surface area contributed by atoms with E-state index in [0.29, 0.717) is 18.8 Å². The van der Waals surface area contributed by atoms with E-state index in [9.17, 15) is 23.2 Å². The molecule has 0 aromatic heterocycles. The summed E-state index contributed by atoms with van der Waals surface area (Å²) in [7, 11) is 3.36. The Hall–Kier alpha value is -1.90. The number of carbonyl (C=O) groups is 1. The molecule has 5 nitrogen and oxygen atoms in total. The number of alkyl halides is 3. The molecule has 1 atom stereocenters. The van der Waals surface area contributed by atoms with Crippen molar-refractivity contribution in [1.29, 1.82) is 0 Å². The van der Waals surface area contributed by atoms with Crippen molar-refractivity contribution in [3.63, 3.8) is 0 Å². The molecule has 2 rings (SSSR count). The Bertz CT molecular complexity index is 727. The maximum Gasteiger partial charge on any atom is 0.521 e. The fraction of sp³-hybridized carbons (Fsp3) is 0.625. The maximum absolute atomic E-state index is 13.0. The van der Waals surface area contributed by atoms with Gasteiger partial charge in [0.25, 0.3) is 0 Å². The van der Waals surface area contributed by atoms with E-state index in [-0.39, 0.29) is 11.8 Å². The fourth-order valence-electron chi connectivity index (χ4n) is 4.28. The first-order valence-electron chi connectivity index (χ1n) is 11.3. The number of nitrogens with zero attached hydrogens (tertiary/aromatic N) is 2. The Labute approximate surface area is 189 Å². The normalized spacial score (nSPS) is 21.2. The molecule has 1 saturated carbocycles. The number of amides is 1. The zero-order chi connectivity index (χ0) is 23.8. The van der Waals surface area contributed by atoms with E-state index in [0.717, 1.165) is 69.5 Å². The van der Waals surface area contributed by atoms with Crippen LogP contribution < -0.4 is 4.74 Å². The van der Waals surface area contributed by atoms with Crippen LogP contribution in [0.15, 0.2) is 36.9 Å². The molecule has 180 valence electrons. The summed E-state index contributed by atoms with van der Waals surface area (Å²) < 4.78 is 41.9. The highest BCUT2D eigenvalue weighted by Crippen LogP contribution is 2.34. The van der Waals surface area contributed by atoms with Gasteiger partial charge >= 0.3 is 12.3 Å². The first-order chi connectivity index (χ1) is 15.0. The molecule has 1 unspecified atom stereocenters. The van der Waals surface area contributed by atoms with Crippen LogP contribution in [0, 0.1) is 11.1 Å². The van der Waals surface area contributed by atoms with Gasteiger partial charge in [0, 0.05) is 19.4 Å². The Kier molecular flexibility index (Phi) is 9.73. The molecule has 0 bridgehead atoms. The van der Waals surface area contributed by atoms with Crippen LogP contribution in [0.3, 0.4) is 0 Å². The molecular formula is C24H35F3N2O3. The van der Waals surface area contributed by atoms with Crippen LogP contribution in [0.5, 0.6) is 5.75 Å². The van der Waals surface area contributed by atoms with Crippen molar-refractivity contribution >= 4 is 6.09 Å². The van der Waals surface area contributed by atoms with E-state index in [1.165, 1.54) is 13.5 Å². The lowest BCUT2D eigenvalue weighted by Gasteiger charge is -2.43. The smallest absolute Gasteiger partial charge is 0.521 e. The first-order valence-corrected chi connectivity index (χ1v) is 11.3. The minimum atomic E-state index is -4.47. The minimum Gasteiger partial charge on any atom is -0.622 e. The second-order valence-corrected chi connectivity index (χ2v) is 8.96. The SMILES string of the molecule is C=CCN(C)CCCCCC1CCC([N+](C)([O-])C(=O)Oc2ccc(C(F)(F)F)cc2)CC1. The molecular weight excluding hydrogens is 421 g/mol. The highest BCUT2D eigenvalue weighted by molar-refractivity contribution is 5.64. The number of hydrogen-bond donors (Lipinski definition) is 0. The van der Waals surface area contributed by atoms with Crippen molar-refractivity contribution in [1.82, 2.24) is 4.90 Å². The third kappa shape index (κ3) is 7.90. The van der Waals surface area contributed by atoms with E-state index in [2.05, 4.69) is 18.5 Å². The number of likely N-dealkylation sites (N-methyl/N-ethyl adjacent to an activating group) is 1. The molecule has 1 amide bonds. The number of rotatable bonds is 10. The predicted molar refractivity (Wildman–Crippen MR) is 119 cm³/mol. The molecule has 1 aromatic rings. The van der Waals surface area contributed by atoms with Crippen molar-refractivity contribution in [3.05, 3.63) is 47.7 Å². The Morgan fingerprint density at radius 2 is 1.81 bits per heavy atom. The lowest BCUT2D eigenvalue weighted by Crippen LogP contribution is -2.54. The molecule has 0 heterocycles. The molecule has 1 fully saturated rings. The number of ether oxygens (including phenoxy) is 1. The summed E-state index contributed by atoms with van der Waals surface area (Å²) >= 11 is 0. The van der Waals surface area contributed by atoms with Crippen LogP contribution in [-0.2, 0) is 6.18 Å². The van der Waals surface area contributed by atoms with Gasteiger partial charge in [-0.2, -0.15) is 18.0 Å². The zero-order valence-corrected chi connectivity index (χ0v) is 19.1. The van der Waals surface area contributed by atoms with Crippen molar-refractivity contribution in [3.8, 4) is 5.75 Å². The monoisotopic (exact) mass is 456 g/mol. The predicted octanol–water partition coefficient (Wildman–Crippen LogP) is 6.39. The maximum atomic E-state index is 13.0. The summed E-state index contributed by atoms with van der Waals surface area (Å²) in [6.07, 6.45) is 4.19. The molecule has 0 N–H and O–H groups in total. The summed E-state index contributed by atoms with van der Waals surface area (Å²) in [5.74, 6) is 0.513. The van der Waals surface area contributed by atoms with Gasteiger partial charge in [-0.15, -0.1) is 6.58 Å². The van der Waals surface area contributed by atoms with Crippen LogP contribution in [0.2, 0.25) is 0 Å². The molecule has 0 spiro atoms. The van der Waals surface area contributed by atoms with Gasteiger partial charge in [-0.25, -0.2) is 0 Å². The standard InChI is InChI=1S/C24H35F3N2O3/c1-4-17-28(2)18-7-5-6-8-19-9-13-21(14-10-19)29(3,31)23(30)32-22-15-11-20(12-16-22)24(25,26)27/h4,11-12,15-16,19,21H,1,5-10,13-14,17-18H2,2-3H3. The van der Waals surface area contributed by atoms with Crippen molar-refractivity contribution < 1.29 is 27.3 Å². The largest absolute Gasteiger partial charge is 0.622 e. The van der Waals surface area contributed by atoms with Gasteiger partial charge in [0.05, 0.1) is 18.7 Å². The first kappa shape index (κ1) is 26.4. The molecule has 8 heteroatoms. The average Bonchev–Trinajstić information content (AvgIpc) is 2.73. The van der Waals surface area contributed by atoms with Gasteiger partial charge in [0.1, 0.15) is 5.75 Å². The molecule has 32 heavy (non-hydrogen) atoms. The molecule has 1 aliphatic rings. The lowest BCUT2D eigenvalue weighted by molar-refractivity contribution is -0.814. The van der Waals surface area contributed by atoms with Gasteiger partial charge in [0.2, 0.25) is 0 Å². The summed E-state index contributed by atoms with van der Waals surface area (Å²) in [5.41, 5.74) is -0.834. The summed E-state index contributed by atoms with van der Waals surface area (Å²) in [6, 6.07) is 3.40. The zero-order valence-electron chi connectivity index (χ0n) is 19.1. The van der Waals surface area contributed by atoms with Gasteiger partial charge in [-0.05, 0) is 63.0 Å². The summed E-state index contributed by atoms with van der Waals surface area (Å²) in [5, 5.41) is 13.0. The molecule has 0 saturated heterocycles. The number of halogens is 3. The van der Waals surface area contributed by atoms with Crippen LogP contribution in [0.25, 0.3) is 0 Å². The fourth-order valence-corrected chi connectivity index (χ4v) is 4.28. The van der Waals surface area contributed by atoms with Crippen molar-refractivity contribution in [2.24, 2.45) is 5.92 Å². The average molecular weight is 457 g/mol. The summed E-state index contributed by atoms with van der Waals surface area (Å²) in [4.78, 5) is 14.7. The number of carbonyl (C=O) groups excluding carboxylic acids is 1.